The summed E-state index contributed by atoms with van der Waals surface area (Å²) in [5.41, 5.74) is 5.98. The molecule has 0 radical (unpaired) electrons. The molecule has 1 aromatic rings. The summed E-state index contributed by atoms with van der Waals surface area (Å²) in [5, 5.41) is 3.26. The van der Waals surface area contributed by atoms with Crippen molar-refractivity contribution in [1.82, 2.24) is 4.98 Å². The van der Waals surface area contributed by atoms with Gasteiger partial charge in [-0.15, -0.1) is 0 Å². The SMILES string of the molecule is CC(C)(C)Oc1nc(NC2CCS(=O)(=O)CC2)ccc1N. The first kappa shape index (κ1) is 15.9. The van der Waals surface area contributed by atoms with Crippen molar-refractivity contribution >= 4 is 21.3 Å². The second-order valence-electron chi connectivity index (χ2n) is 6.38. The van der Waals surface area contributed by atoms with Gasteiger partial charge in [0.25, 0.3) is 0 Å². The molecule has 0 aliphatic carbocycles. The molecule has 0 unspecified atom stereocenters. The van der Waals surface area contributed by atoms with Crippen LogP contribution in [0.2, 0.25) is 0 Å². The standard InChI is InChI=1S/C14H23N3O3S/c1-14(2,3)20-13-11(15)4-5-12(17-13)16-10-6-8-21(18,19)9-7-10/h4-5,10H,6-9,15H2,1-3H3,(H,16,17). The maximum absolute atomic E-state index is 11.4. The summed E-state index contributed by atoms with van der Waals surface area (Å²) >= 11 is 0. The Kier molecular flexibility index (Phi) is 4.32. The van der Waals surface area contributed by atoms with Gasteiger partial charge in [0.1, 0.15) is 21.3 Å². The van der Waals surface area contributed by atoms with Crippen LogP contribution < -0.4 is 15.8 Å². The van der Waals surface area contributed by atoms with Gasteiger partial charge < -0.3 is 15.8 Å². The van der Waals surface area contributed by atoms with Crippen molar-refractivity contribution in [3.05, 3.63) is 12.1 Å². The first-order valence-corrected chi connectivity index (χ1v) is 8.89. The molecule has 6 nitrogen and oxygen atoms in total. The zero-order valence-electron chi connectivity index (χ0n) is 12.7. The first-order chi connectivity index (χ1) is 9.65. The Morgan fingerprint density at radius 3 is 2.48 bits per heavy atom. The van der Waals surface area contributed by atoms with E-state index < -0.39 is 9.84 Å². The third kappa shape index (κ3) is 4.77. The van der Waals surface area contributed by atoms with Crippen molar-refractivity contribution in [3.8, 4) is 5.88 Å². The van der Waals surface area contributed by atoms with Crippen LogP contribution in [0.25, 0.3) is 0 Å². The van der Waals surface area contributed by atoms with Gasteiger partial charge in [-0.2, -0.15) is 4.98 Å². The summed E-state index contributed by atoms with van der Waals surface area (Å²) in [4.78, 5) is 4.38. The normalized spacial score (nSPS) is 19.2. The van der Waals surface area contributed by atoms with E-state index in [4.69, 9.17) is 10.5 Å². The number of sulfone groups is 1. The molecule has 1 fully saturated rings. The molecular formula is C14H23N3O3S. The fourth-order valence-electron chi connectivity index (χ4n) is 2.15. The predicted octanol–water partition coefficient (Wildman–Crippen LogP) is 1.83. The smallest absolute Gasteiger partial charge is 0.239 e. The number of anilines is 2. The molecule has 2 heterocycles. The van der Waals surface area contributed by atoms with Crippen molar-refractivity contribution in [3.63, 3.8) is 0 Å². The van der Waals surface area contributed by atoms with E-state index in [-0.39, 0.29) is 23.1 Å². The van der Waals surface area contributed by atoms with Crippen LogP contribution in [0.15, 0.2) is 12.1 Å². The van der Waals surface area contributed by atoms with Gasteiger partial charge in [0.2, 0.25) is 5.88 Å². The average Bonchev–Trinajstić information content (AvgIpc) is 2.34. The van der Waals surface area contributed by atoms with E-state index in [0.717, 1.165) is 0 Å². The molecule has 2 rings (SSSR count). The van der Waals surface area contributed by atoms with Gasteiger partial charge in [-0.3, -0.25) is 0 Å². The molecular weight excluding hydrogens is 290 g/mol. The number of aromatic nitrogens is 1. The van der Waals surface area contributed by atoms with E-state index in [1.54, 1.807) is 12.1 Å². The molecule has 118 valence electrons. The average molecular weight is 313 g/mol. The van der Waals surface area contributed by atoms with Gasteiger partial charge >= 0.3 is 0 Å². The second kappa shape index (κ2) is 5.71. The summed E-state index contributed by atoms with van der Waals surface area (Å²) in [6.07, 6.45) is 1.20. The van der Waals surface area contributed by atoms with Crippen LogP contribution in [-0.2, 0) is 9.84 Å². The van der Waals surface area contributed by atoms with Gasteiger partial charge in [-0.1, -0.05) is 0 Å². The van der Waals surface area contributed by atoms with Crippen LogP contribution in [0.5, 0.6) is 5.88 Å². The lowest BCUT2D eigenvalue weighted by molar-refractivity contribution is 0.125. The molecule has 21 heavy (non-hydrogen) atoms. The molecule has 7 heteroatoms. The van der Waals surface area contributed by atoms with Gasteiger partial charge in [-0.25, -0.2) is 8.42 Å². The molecule has 1 aliphatic rings. The number of hydrogen-bond acceptors (Lipinski definition) is 6. The summed E-state index contributed by atoms with van der Waals surface area (Å²) in [5.74, 6) is 1.51. The van der Waals surface area contributed by atoms with E-state index in [1.165, 1.54) is 0 Å². The Morgan fingerprint density at radius 2 is 1.90 bits per heavy atom. The zero-order valence-corrected chi connectivity index (χ0v) is 13.5. The second-order valence-corrected chi connectivity index (χ2v) is 8.68. The van der Waals surface area contributed by atoms with Crippen LogP contribution in [-0.4, -0.2) is 36.6 Å². The van der Waals surface area contributed by atoms with Crippen molar-refractivity contribution < 1.29 is 13.2 Å². The van der Waals surface area contributed by atoms with E-state index in [2.05, 4.69) is 10.3 Å². The molecule has 3 N–H and O–H groups in total. The molecule has 0 spiro atoms. The summed E-state index contributed by atoms with van der Waals surface area (Å²) in [7, 11) is -2.85. The highest BCUT2D eigenvalue weighted by molar-refractivity contribution is 7.91. The minimum absolute atomic E-state index is 0.118. The first-order valence-electron chi connectivity index (χ1n) is 7.07. The van der Waals surface area contributed by atoms with Crippen LogP contribution >= 0.6 is 0 Å². The van der Waals surface area contributed by atoms with Crippen LogP contribution in [0.1, 0.15) is 33.6 Å². The molecule has 0 bridgehead atoms. The van der Waals surface area contributed by atoms with Gasteiger partial charge in [0.15, 0.2) is 0 Å². The van der Waals surface area contributed by atoms with Gasteiger partial charge in [0, 0.05) is 6.04 Å². The molecule has 0 aromatic carbocycles. The highest BCUT2D eigenvalue weighted by Crippen LogP contribution is 2.26. The number of hydrogen-bond donors (Lipinski definition) is 2. The van der Waals surface area contributed by atoms with E-state index >= 15 is 0 Å². The predicted molar refractivity (Wildman–Crippen MR) is 84.3 cm³/mol. The lowest BCUT2D eigenvalue weighted by Crippen LogP contribution is -2.32. The maximum Gasteiger partial charge on any atom is 0.239 e. The number of nitrogens with two attached hydrogens (primary N) is 1. The van der Waals surface area contributed by atoms with E-state index in [1.807, 2.05) is 20.8 Å². The third-order valence-electron chi connectivity index (χ3n) is 3.20. The summed E-state index contributed by atoms with van der Waals surface area (Å²) < 4.78 is 28.6. The topological polar surface area (TPSA) is 94.3 Å². The van der Waals surface area contributed by atoms with Crippen LogP contribution in [0, 0.1) is 0 Å². The number of nitrogens with zero attached hydrogens (tertiary/aromatic N) is 1. The van der Waals surface area contributed by atoms with Crippen LogP contribution in [0.4, 0.5) is 11.5 Å². The maximum atomic E-state index is 11.4. The molecule has 1 saturated heterocycles. The van der Waals surface area contributed by atoms with E-state index in [9.17, 15) is 8.42 Å². The van der Waals surface area contributed by atoms with Crippen molar-refractivity contribution in [1.29, 1.82) is 0 Å². The number of rotatable bonds is 3. The lowest BCUT2D eigenvalue weighted by Gasteiger charge is -2.25. The number of pyridine rings is 1. The molecule has 0 atom stereocenters. The highest BCUT2D eigenvalue weighted by atomic mass is 32.2. The molecule has 0 amide bonds. The Morgan fingerprint density at radius 1 is 1.29 bits per heavy atom. The number of nitrogens with one attached hydrogen (secondary N) is 1. The molecule has 1 aliphatic heterocycles. The summed E-state index contributed by atoms with van der Waals surface area (Å²) in [6, 6.07) is 3.65. The monoisotopic (exact) mass is 313 g/mol. The third-order valence-corrected chi connectivity index (χ3v) is 4.91. The molecule has 1 aromatic heterocycles. The fourth-order valence-corrected chi connectivity index (χ4v) is 3.64. The largest absolute Gasteiger partial charge is 0.470 e. The van der Waals surface area contributed by atoms with Crippen molar-refractivity contribution in [2.45, 2.75) is 45.3 Å². The van der Waals surface area contributed by atoms with Gasteiger partial charge in [-0.05, 0) is 45.7 Å². The van der Waals surface area contributed by atoms with Crippen LogP contribution in [0.3, 0.4) is 0 Å². The zero-order chi connectivity index (χ0) is 15.7. The minimum atomic E-state index is -2.85. The summed E-state index contributed by atoms with van der Waals surface area (Å²) in [6.45, 7) is 5.79. The lowest BCUT2D eigenvalue weighted by atomic mass is 10.1. The Balaban J connectivity index is 2.06. The van der Waals surface area contributed by atoms with Crippen molar-refractivity contribution in [2.75, 3.05) is 22.6 Å². The highest BCUT2D eigenvalue weighted by Gasteiger charge is 2.24. The number of nitrogen functional groups attached to an aromatic ring is 1. The van der Waals surface area contributed by atoms with E-state index in [0.29, 0.717) is 30.2 Å². The Labute approximate surface area is 126 Å². The molecule has 0 saturated carbocycles. The minimum Gasteiger partial charge on any atom is -0.470 e. The Bertz CT molecular complexity index is 594. The Hall–Kier alpha value is -1.50. The quantitative estimate of drug-likeness (QED) is 0.884. The van der Waals surface area contributed by atoms with Gasteiger partial charge in [0.05, 0.1) is 17.2 Å². The van der Waals surface area contributed by atoms with Crippen molar-refractivity contribution in [2.24, 2.45) is 0 Å². The number of ether oxygens (including phenoxy) is 1. The fraction of sp³-hybridized carbons (Fsp3) is 0.643.